The molecule has 8 heteroatoms. The van der Waals surface area contributed by atoms with Gasteiger partial charge in [-0.15, -0.1) is 0 Å². The van der Waals surface area contributed by atoms with Crippen LogP contribution in [0.25, 0.3) is 21.3 Å². The predicted molar refractivity (Wildman–Crippen MR) is 112 cm³/mol. The third-order valence-corrected chi connectivity index (χ3v) is 6.79. The van der Waals surface area contributed by atoms with Gasteiger partial charge in [0.15, 0.2) is 5.13 Å². The second-order valence-corrected chi connectivity index (χ2v) is 8.65. The molecule has 0 bridgehead atoms. The molecule has 2 fully saturated rings. The van der Waals surface area contributed by atoms with Crippen molar-refractivity contribution in [1.82, 2.24) is 14.9 Å². The Kier molecular flexibility index (Phi) is 4.60. The van der Waals surface area contributed by atoms with E-state index < -0.39 is 0 Å². The molecular weight excluding hydrogens is 388 g/mol. The van der Waals surface area contributed by atoms with E-state index in [1.165, 1.54) is 11.3 Å². The number of carbonyl (C=O) groups excluding carboxylic acids is 1. The number of urea groups is 1. The number of hydrogen-bond donors (Lipinski definition) is 1. The fourth-order valence-corrected chi connectivity index (χ4v) is 5.15. The molecule has 2 aliphatic rings. The van der Waals surface area contributed by atoms with E-state index in [1.807, 2.05) is 35.2 Å². The molecule has 1 N–H and O–H groups in total. The Balaban J connectivity index is 1.43. The average molecular weight is 410 g/mol. The Morgan fingerprint density at radius 2 is 2.17 bits per heavy atom. The van der Waals surface area contributed by atoms with Crippen LogP contribution in [0.4, 0.5) is 9.93 Å². The van der Waals surface area contributed by atoms with Crippen LogP contribution in [-0.4, -0.2) is 54.3 Å². The largest absolute Gasteiger partial charge is 0.479 e. The van der Waals surface area contributed by atoms with Crippen LogP contribution in [-0.2, 0) is 4.74 Å². The molecule has 1 spiro atoms. The van der Waals surface area contributed by atoms with Gasteiger partial charge >= 0.3 is 6.03 Å². The van der Waals surface area contributed by atoms with Crippen molar-refractivity contribution >= 4 is 32.7 Å². The van der Waals surface area contributed by atoms with Crippen molar-refractivity contribution in [3.05, 3.63) is 36.5 Å². The standard InChI is InChI=1S/C21H22N4O3S/c1-27-18-16-17(15(11-22-18)14-5-3-2-4-6-14)29-19(23-16)24-20(26)25-9-7-21(12-25)8-10-28-13-21/h2-6,11H,7-10,12-13H2,1H3,(H,23,24,26)/t21-/m0/s1. The normalized spacial score (nSPS) is 21.2. The Morgan fingerprint density at radius 3 is 2.93 bits per heavy atom. The van der Waals surface area contributed by atoms with E-state index in [0.29, 0.717) is 16.5 Å². The van der Waals surface area contributed by atoms with Crippen molar-refractivity contribution in [2.45, 2.75) is 12.8 Å². The number of hydrogen-bond acceptors (Lipinski definition) is 6. The maximum atomic E-state index is 12.8. The minimum absolute atomic E-state index is 0.110. The molecule has 2 amide bonds. The lowest BCUT2D eigenvalue weighted by Crippen LogP contribution is -2.35. The second kappa shape index (κ2) is 7.27. The molecule has 150 valence electrons. The highest BCUT2D eigenvalue weighted by atomic mass is 32.1. The zero-order valence-electron chi connectivity index (χ0n) is 16.2. The van der Waals surface area contributed by atoms with E-state index in [0.717, 1.165) is 55.0 Å². The molecule has 2 aromatic heterocycles. The highest BCUT2D eigenvalue weighted by Gasteiger charge is 2.42. The average Bonchev–Trinajstić information content (AvgIpc) is 3.48. The van der Waals surface area contributed by atoms with E-state index in [1.54, 1.807) is 13.3 Å². The number of ether oxygens (including phenoxy) is 2. The molecular formula is C21H22N4O3S. The molecule has 0 unspecified atom stereocenters. The third-order valence-electron chi connectivity index (χ3n) is 5.79. The van der Waals surface area contributed by atoms with Crippen LogP contribution in [0, 0.1) is 5.41 Å². The number of pyridine rings is 1. The van der Waals surface area contributed by atoms with Gasteiger partial charge < -0.3 is 14.4 Å². The first-order valence-electron chi connectivity index (χ1n) is 9.70. The SMILES string of the molecule is COc1ncc(-c2ccccc2)c2sc(NC(=O)N3CC[C@]4(CCOC4)C3)nc12. The minimum Gasteiger partial charge on any atom is -0.479 e. The lowest BCUT2D eigenvalue weighted by Gasteiger charge is -2.21. The van der Waals surface area contributed by atoms with Gasteiger partial charge in [0.2, 0.25) is 5.88 Å². The molecule has 1 atom stereocenters. The number of thiazole rings is 1. The summed E-state index contributed by atoms with van der Waals surface area (Å²) in [6.45, 7) is 3.04. The summed E-state index contributed by atoms with van der Waals surface area (Å²) in [6.07, 6.45) is 3.82. The molecule has 3 aromatic rings. The Hall–Kier alpha value is -2.71. The number of nitrogens with one attached hydrogen (secondary N) is 1. The molecule has 0 saturated carbocycles. The van der Waals surface area contributed by atoms with Crippen molar-refractivity contribution in [3.63, 3.8) is 0 Å². The van der Waals surface area contributed by atoms with Gasteiger partial charge in [-0.25, -0.2) is 14.8 Å². The van der Waals surface area contributed by atoms with Crippen molar-refractivity contribution in [1.29, 1.82) is 0 Å². The molecule has 5 rings (SSSR count). The molecule has 4 heterocycles. The Labute approximate surface area is 172 Å². The number of rotatable bonds is 3. The molecule has 2 aliphatic heterocycles. The second-order valence-electron chi connectivity index (χ2n) is 7.65. The predicted octanol–water partition coefficient (Wildman–Crippen LogP) is 4.01. The van der Waals surface area contributed by atoms with Crippen LogP contribution < -0.4 is 10.1 Å². The van der Waals surface area contributed by atoms with Crippen LogP contribution in [0.3, 0.4) is 0 Å². The highest BCUT2D eigenvalue weighted by Crippen LogP contribution is 2.40. The number of fused-ring (bicyclic) bond motifs is 1. The number of nitrogens with zero attached hydrogens (tertiary/aromatic N) is 3. The van der Waals surface area contributed by atoms with E-state index in [9.17, 15) is 4.79 Å². The maximum absolute atomic E-state index is 12.8. The summed E-state index contributed by atoms with van der Waals surface area (Å²) < 4.78 is 11.9. The molecule has 7 nitrogen and oxygen atoms in total. The van der Waals surface area contributed by atoms with E-state index in [-0.39, 0.29) is 11.4 Å². The van der Waals surface area contributed by atoms with Crippen molar-refractivity contribution in [2.75, 3.05) is 38.7 Å². The van der Waals surface area contributed by atoms with Crippen molar-refractivity contribution < 1.29 is 14.3 Å². The summed E-state index contributed by atoms with van der Waals surface area (Å²) >= 11 is 1.44. The minimum atomic E-state index is -0.110. The van der Waals surface area contributed by atoms with Crippen LogP contribution in [0.1, 0.15) is 12.8 Å². The first-order valence-corrected chi connectivity index (χ1v) is 10.5. The zero-order chi connectivity index (χ0) is 19.8. The molecule has 1 aromatic carbocycles. The quantitative estimate of drug-likeness (QED) is 0.706. The van der Waals surface area contributed by atoms with Gasteiger partial charge in [0.1, 0.15) is 5.52 Å². The third kappa shape index (κ3) is 3.32. The summed E-state index contributed by atoms with van der Waals surface area (Å²) in [7, 11) is 1.58. The monoisotopic (exact) mass is 410 g/mol. The zero-order valence-corrected chi connectivity index (χ0v) is 17.0. The fraction of sp³-hybridized carbons (Fsp3) is 0.381. The Morgan fingerprint density at radius 1 is 1.31 bits per heavy atom. The Bertz CT molecular complexity index is 1050. The van der Waals surface area contributed by atoms with Gasteiger partial charge in [-0.1, -0.05) is 41.7 Å². The molecule has 2 saturated heterocycles. The summed E-state index contributed by atoms with van der Waals surface area (Å²) in [5.41, 5.74) is 2.83. The van der Waals surface area contributed by atoms with Gasteiger partial charge in [-0.3, -0.25) is 5.32 Å². The van der Waals surface area contributed by atoms with E-state index in [2.05, 4.69) is 15.3 Å². The van der Waals surface area contributed by atoms with Crippen LogP contribution in [0.5, 0.6) is 5.88 Å². The summed E-state index contributed by atoms with van der Waals surface area (Å²) in [5.74, 6) is 0.458. The maximum Gasteiger partial charge on any atom is 0.323 e. The number of methoxy groups -OCH3 is 1. The van der Waals surface area contributed by atoms with Gasteiger partial charge in [0, 0.05) is 36.9 Å². The highest BCUT2D eigenvalue weighted by molar-refractivity contribution is 7.23. The smallest absolute Gasteiger partial charge is 0.323 e. The molecule has 0 aliphatic carbocycles. The van der Waals surface area contributed by atoms with Crippen molar-refractivity contribution in [3.8, 4) is 17.0 Å². The number of benzene rings is 1. The fourth-order valence-electron chi connectivity index (χ4n) is 4.17. The van der Waals surface area contributed by atoms with E-state index in [4.69, 9.17) is 9.47 Å². The topological polar surface area (TPSA) is 76.6 Å². The number of likely N-dealkylation sites (tertiary alicyclic amines) is 1. The molecule has 0 radical (unpaired) electrons. The summed E-state index contributed by atoms with van der Waals surface area (Å²) in [6, 6.07) is 9.92. The van der Waals surface area contributed by atoms with E-state index >= 15 is 0 Å². The number of anilines is 1. The van der Waals surface area contributed by atoms with Gasteiger partial charge in [0.05, 0.1) is 18.4 Å². The van der Waals surface area contributed by atoms with Gasteiger partial charge in [-0.05, 0) is 18.4 Å². The molecule has 29 heavy (non-hydrogen) atoms. The van der Waals surface area contributed by atoms with Crippen LogP contribution in [0.2, 0.25) is 0 Å². The van der Waals surface area contributed by atoms with Gasteiger partial charge in [-0.2, -0.15) is 0 Å². The number of carbonyl (C=O) groups is 1. The number of aromatic nitrogens is 2. The first kappa shape index (κ1) is 18.3. The van der Waals surface area contributed by atoms with Gasteiger partial charge in [0.25, 0.3) is 0 Å². The number of amides is 2. The van der Waals surface area contributed by atoms with Crippen LogP contribution in [0.15, 0.2) is 36.5 Å². The van der Waals surface area contributed by atoms with Crippen LogP contribution >= 0.6 is 11.3 Å². The summed E-state index contributed by atoms with van der Waals surface area (Å²) in [5, 5.41) is 3.53. The van der Waals surface area contributed by atoms with Crippen molar-refractivity contribution in [2.24, 2.45) is 5.41 Å². The lowest BCUT2D eigenvalue weighted by atomic mass is 9.87. The lowest BCUT2D eigenvalue weighted by molar-refractivity contribution is 0.154. The first-order chi connectivity index (χ1) is 14.2. The summed E-state index contributed by atoms with van der Waals surface area (Å²) in [4.78, 5) is 23.7.